The molecule has 3 saturated heterocycles. The Balaban J connectivity index is 1.52. The van der Waals surface area contributed by atoms with E-state index in [1.165, 1.54) is 7.11 Å². The van der Waals surface area contributed by atoms with Gasteiger partial charge >= 0.3 is 5.97 Å². The second-order valence-corrected chi connectivity index (χ2v) is 7.89. The van der Waals surface area contributed by atoms with Crippen LogP contribution in [0.2, 0.25) is 0 Å². The molecule has 156 valence electrons. The number of carbonyl (C=O) groups is 3. The molecule has 0 aromatic heterocycles. The lowest BCUT2D eigenvalue weighted by Crippen LogP contribution is -2.81. The maximum atomic E-state index is 13.3. The molecule has 2 atom stereocenters. The van der Waals surface area contributed by atoms with Crippen molar-refractivity contribution < 1.29 is 29.0 Å². The Labute approximate surface area is 168 Å². The zero-order valence-electron chi connectivity index (χ0n) is 16.5. The van der Waals surface area contributed by atoms with Gasteiger partial charge in [0, 0.05) is 26.2 Å². The van der Waals surface area contributed by atoms with Gasteiger partial charge in [0.05, 0.1) is 26.4 Å². The van der Waals surface area contributed by atoms with Gasteiger partial charge in [-0.2, -0.15) is 0 Å². The van der Waals surface area contributed by atoms with Crippen LogP contribution in [-0.4, -0.2) is 95.7 Å². The number of methoxy groups -OCH3 is 2. The average Bonchev–Trinajstić information content (AvgIpc) is 3.09. The molecule has 3 aliphatic heterocycles. The Morgan fingerprint density at radius 1 is 1.21 bits per heavy atom. The Hall–Kier alpha value is -2.49. The van der Waals surface area contributed by atoms with Crippen molar-refractivity contribution in [2.24, 2.45) is 0 Å². The number of hydrogen-bond acceptors (Lipinski definition) is 8. The van der Waals surface area contributed by atoms with Gasteiger partial charge in [0.1, 0.15) is 17.8 Å². The van der Waals surface area contributed by atoms with Gasteiger partial charge in [-0.3, -0.25) is 29.1 Å². The summed E-state index contributed by atoms with van der Waals surface area (Å²) >= 11 is 0. The van der Waals surface area contributed by atoms with Crippen molar-refractivity contribution >= 4 is 17.8 Å². The van der Waals surface area contributed by atoms with Crippen molar-refractivity contribution in [1.82, 2.24) is 14.7 Å². The molecule has 1 aromatic rings. The zero-order chi connectivity index (χ0) is 20.8. The van der Waals surface area contributed by atoms with E-state index < -0.39 is 36.1 Å². The van der Waals surface area contributed by atoms with E-state index in [0.717, 1.165) is 16.2 Å². The summed E-state index contributed by atoms with van der Waals surface area (Å²) in [7, 11) is 2.84. The summed E-state index contributed by atoms with van der Waals surface area (Å²) in [5.41, 5.74) is 0.195. The number of likely N-dealkylation sites (tertiary alicyclic amines) is 1. The molecule has 3 heterocycles. The Morgan fingerprint density at radius 3 is 2.52 bits per heavy atom. The molecular formula is C20H25N3O6. The molecule has 9 heteroatoms. The monoisotopic (exact) mass is 403 g/mol. The summed E-state index contributed by atoms with van der Waals surface area (Å²) < 4.78 is 9.83. The third-order valence-electron chi connectivity index (χ3n) is 6.07. The van der Waals surface area contributed by atoms with Crippen molar-refractivity contribution in [3.8, 4) is 5.75 Å². The molecule has 29 heavy (non-hydrogen) atoms. The molecule has 3 fully saturated rings. The lowest BCUT2D eigenvalue weighted by molar-refractivity contribution is -0.183. The van der Waals surface area contributed by atoms with E-state index in [2.05, 4.69) is 9.64 Å². The minimum absolute atomic E-state index is 0.268. The fraction of sp³-hybridized carbons (Fsp3) is 0.550. The maximum Gasteiger partial charge on any atom is 0.325 e. The number of β-amino-alcohol motifs (C(OH)–C–C–N with tert-alkyl or cyclic N) is 1. The maximum absolute atomic E-state index is 13.3. The van der Waals surface area contributed by atoms with Crippen LogP contribution in [0.25, 0.3) is 0 Å². The van der Waals surface area contributed by atoms with Gasteiger partial charge in [-0.15, -0.1) is 0 Å². The number of nitrogens with zero attached hydrogens (tertiary/aromatic N) is 3. The van der Waals surface area contributed by atoms with Gasteiger partial charge in [-0.25, -0.2) is 0 Å². The first kappa shape index (κ1) is 19.8. The van der Waals surface area contributed by atoms with Crippen molar-refractivity contribution in [1.29, 1.82) is 0 Å². The van der Waals surface area contributed by atoms with Crippen LogP contribution in [0, 0.1) is 0 Å². The standard InChI is InChI=1S/C20H25N3O6/c1-28-15-5-3-13(4-6-15)8-21-11-20(12-21)19(27)22(10-17(25)29-2)18(26)16-7-14(24)9-23(16)20/h3-6,14,16,24H,7-12H2,1-2H3. The summed E-state index contributed by atoms with van der Waals surface area (Å²) in [4.78, 5) is 42.8. The van der Waals surface area contributed by atoms with Crippen molar-refractivity contribution in [3.63, 3.8) is 0 Å². The third kappa shape index (κ3) is 3.29. The Kier molecular flexibility index (Phi) is 5.05. The van der Waals surface area contributed by atoms with Crippen molar-refractivity contribution in [2.75, 3.05) is 40.4 Å². The topological polar surface area (TPSA) is 99.6 Å². The van der Waals surface area contributed by atoms with Crippen molar-refractivity contribution in [3.05, 3.63) is 29.8 Å². The largest absolute Gasteiger partial charge is 0.497 e. The fourth-order valence-corrected chi connectivity index (χ4v) is 4.63. The first-order valence-corrected chi connectivity index (χ1v) is 9.60. The van der Waals surface area contributed by atoms with Crippen LogP contribution in [-0.2, 0) is 25.7 Å². The molecule has 0 bridgehead atoms. The number of ether oxygens (including phenoxy) is 2. The third-order valence-corrected chi connectivity index (χ3v) is 6.07. The molecule has 1 aromatic carbocycles. The highest BCUT2D eigenvalue weighted by molar-refractivity contribution is 6.07. The minimum Gasteiger partial charge on any atom is -0.497 e. The summed E-state index contributed by atoms with van der Waals surface area (Å²) in [6.07, 6.45) is -0.397. The fourth-order valence-electron chi connectivity index (χ4n) is 4.63. The van der Waals surface area contributed by atoms with Crippen LogP contribution in [0.3, 0.4) is 0 Å². The highest BCUT2D eigenvalue weighted by Crippen LogP contribution is 2.40. The van der Waals surface area contributed by atoms with Crippen LogP contribution in [0.15, 0.2) is 24.3 Å². The van der Waals surface area contributed by atoms with Gasteiger partial charge in [-0.1, -0.05) is 12.1 Å². The Bertz CT molecular complexity index is 820. The van der Waals surface area contributed by atoms with Crippen LogP contribution in [0.5, 0.6) is 5.75 Å². The normalized spacial score (nSPS) is 26.4. The van der Waals surface area contributed by atoms with Gasteiger partial charge in [-0.05, 0) is 24.1 Å². The van der Waals surface area contributed by atoms with Gasteiger partial charge in [0.2, 0.25) is 5.91 Å². The Morgan fingerprint density at radius 2 is 1.90 bits per heavy atom. The minimum atomic E-state index is -0.892. The number of fused-ring (bicyclic) bond motifs is 2. The molecule has 9 nitrogen and oxygen atoms in total. The summed E-state index contributed by atoms with van der Waals surface area (Å²) in [6.45, 7) is 1.42. The number of hydrogen-bond donors (Lipinski definition) is 1. The van der Waals surface area contributed by atoms with E-state index in [0.29, 0.717) is 19.6 Å². The number of piperazine rings is 1. The molecule has 1 spiro atoms. The molecule has 0 aliphatic carbocycles. The molecule has 2 amide bonds. The highest BCUT2D eigenvalue weighted by Gasteiger charge is 2.64. The average molecular weight is 403 g/mol. The quantitative estimate of drug-likeness (QED) is 0.505. The van der Waals surface area contributed by atoms with Gasteiger partial charge < -0.3 is 14.6 Å². The second kappa shape index (κ2) is 7.40. The predicted molar refractivity (Wildman–Crippen MR) is 101 cm³/mol. The van der Waals surface area contributed by atoms with E-state index in [-0.39, 0.29) is 18.9 Å². The van der Waals surface area contributed by atoms with Gasteiger partial charge in [0.25, 0.3) is 5.91 Å². The van der Waals surface area contributed by atoms with E-state index in [1.54, 1.807) is 7.11 Å². The van der Waals surface area contributed by atoms with E-state index in [9.17, 15) is 19.5 Å². The van der Waals surface area contributed by atoms with Crippen LogP contribution in [0.4, 0.5) is 0 Å². The second-order valence-electron chi connectivity index (χ2n) is 7.89. The SMILES string of the molecule is COC(=O)CN1C(=O)C2CC(O)CN2C2(CN(Cc3ccc(OC)cc3)C2)C1=O. The first-order chi connectivity index (χ1) is 13.9. The molecule has 1 N–H and O–H groups in total. The van der Waals surface area contributed by atoms with Crippen molar-refractivity contribution in [2.45, 2.75) is 30.7 Å². The van der Waals surface area contributed by atoms with E-state index >= 15 is 0 Å². The highest BCUT2D eigenvalue weighted by atomic mass is 16.5. The van der Waals surface area contributed by atoms with E-state index in [1.807, 2.05) is 29.2 Å². The van der Waals surface area contributed by atoms with Crippen LogP contribution in [0.1, 0.15) is 12.0 Å². The molecule has 3 aliphatic rings. The number of imide groups is 1. The number of benzene rings is 1. The number of aliphatic hydroxyl groups is 1. The lowest BCUT2D eigenvalue weighted by atomic mass is 9.82. The number of carbonyl (C=O) groups excluding carboxylic acids is 3. The molecule has 4 rings (SSSR count). The predicted octanol–water partition coefficient (Wildman–Crippen LogP) is -0.773. The van der Waals surface area contributed by atoms with Gasteiger partial charge in [0.15, 0.2) is 0 Å². The summed E-state index contributed by atoms with van der Waals surface area (Å²) in [5.74, 6) is -0.675. The molecule has 2 unspecified atom stereocenters. The number of aliphatic hydroxyl groups excluding tert-OH is 1. The molecule has 0 radical (unpaired) electrons. The van der Waals surface area contributed by atoms with E-state index in [4.69, 9.17) is 4.74 Å². The zero-order valence-corrected chi connectivity index (χ0v) is 16.5. The molecule has 0 saturated carbocycles. The smallest absolute Gasteiger partial charge is 0.325 e. The lowest BCUT2D eigenvalue weighted by Gasteiger charge is -2.58. The number of amides is 2. The first-order valence-electron chi connectivity index (χ1n) is 9.60. The summed E-state index contributed by atoms with van der Waals surface area (Å²) in [5, 5.41) is 10.1. The van der Waals surface area contributed by atoms with Crippen LogP contribution < -0.4 is 4.74 Å². The number of rotatable bonds is 5. The summed E-state index contributed by atoms with van der Waals surface area (Å²) in [6, 6.07) is 7.14. The number of esters is 1. The van der Waals surface area contributed by atoms with Crippen LogP contribution >= 0.6 is 0 Å². The molecular weight excluding hydrogens is 378 g/mol.